The van der Waals surface area contributed by atoms with Crippen molar-refractivity contribution in [3.63, 3.8) is 0 Å². The molecular formula is C17H17ClN4O2S. The molecule has 1 unspecified atom stereocenters. The fourth-order valence-corrected chi connectivity index (χ4v) is 3.67. The summed E-state index contributed by atoms with van der Waals surface area (Å²) < 4.78 is 0. The predicted molar refractivity (Wildman–Crippen MR) is 98.5 cm³/mol. The van der Waals surface area contributed by atoms with Gasteiger partial charge >= 0.3 is 0 Å². The Bertz CT molecular complexity index is 807. The topological polar surface area (TPSA) is 75.2 Å². The molecule has 0 aliphatic carbocycles. The molecule has 6 nitrogen and oxygen atoms in total. The van der Waals surface area contributed by atoms with E-state index in [1.54, 1.807) is 17.0 Å². The number of nitrogens with zero attached hydrogens (tertiary/aromatic N) is 3. The molecule has 1 aliphatic rings. The summed E-state index contributed by atoms with van der Waals surface area (Å²) in [5.41, 5.74) is 0.853. The second kappa shape index (κ2) is 7.76. The van der Waals surface area contributed by atoms with E-state index in [4.69, 9.17) is 11.6 Å². The van der Waals surface area contributed by atoms with Gasteiger partial charge in [0.2, 0.25) is 16.9 Å². The van der Waals surface area contributed by atoms with Crippen molar-refractivity contribution in [2.45, 2.75) is 12.8 Å². The molecule has 1 saturated heterocycles. The number of aromatic nitrogens is 2. The van der Waals surface area contributed by atoms with Crippen LogP contribution < -0.4 is 5.32 Å². The molecule has 0 radical (unpaired) electrons. The zero-order valence-corrected chi connectivity index (χ0v) is 15.0. The molecule has 1 aromatic carbocycles. The number of anilines is 1. The molecule has 25 heavy (non-hydrogen) atoms. The van der Waals surface area contributed by atoms with Crippen molar-refractivity contribution in [2.75, 3.05) is 18.4 Å². The van der Waals surface area contributed by atoms with E-state index in [0.29, 0.717) is 28.3 Å². The maximum absolute atomic E-state index is 12.5. The third-order valence-electron chi connectivity index (χ3n) is 4.01. The first-order valence-electron chi connectivity index (χ1n) is 7.88. The summed E-state index contributed by atoms with van der Waals surface area (Å²) in [5.74, 6) is -0.539. The molecule has 1 aromatic heterocycles. The molecule has 8 heteroatoms. The lowest BCUT2D eigenvalue weighted by Crippen LogP contribution is -2.43. The lowest BCUT2D eigenvalue weighted by Gasteiger charge is -2.31. The summed E-state index contributed by atoms with van der Waals surface area (Å²) in [6, 6.07) is 7.31. The molecule has 0 spiro atoms. The SMILES string of the molecule is C=CC(=O)N1CCCC(C(=O)Nc2nnc(-c3cccc(Cl)c3)s2)C1. The first kappa shape index (κ1) is 17.6. The number of hydrogen-bond acceptors (Lipinski definition) is 5. The van der Waals surface area contributed by atoms with E-state index >= 15 is 0 Å². The average Bonchev–Trinajstić information content (AvgIpc) is 3.09. The molecule has 3 rings (SSSR count). The fraction of sp³-hybridized carbons (Fsp3) is 0.294. The van der Waals surface area contributed by atoms with Gasteiger partial charge in [0.1, 0.15) is 5.01 Å². The normalized spacial score (nSPS) is 17.2. The van der Waals surface area contributed by atoms with Gasteiger partial charge in [0.05, 0.1) is 5.92 Å². The first-order chi connectivity index (χ1) is 12.1. The summed E-state index contributed by atoms with van der Waals surface area (Å²) in [5, 5.41) is 12.7. The molecular weight excluding hydrogens is 360 g/mol. The van der Waals surface area contributed by atoms with Crippen LogP contribution in [0.25, 0.3) is 10.6 Å². The van der Waals surface area contributed by atoms with Crippen LogP contribution in [0.1, 0.15) is 12.8 Å². The quantitative estimate of drug-likeness (QED) is 0.831. The van der Waals surface area contributed by atoms with E-state index < -0.39 is 0 Å². The average molecular weight is 377 g/mol. The molecule has 0 bridgehead atoms. The van der Waals surface area contributed by atoms with Crippen LogP contribution in [-0.2, 0) is 9.59 Å². The van der Waals surface area contributed by atoms with Crippen molar-refractivity contribution < 1.29 is 9.59 Å². The van der Waals surface area contributed by atoms with Crippen LogP contribution in [0.15, 0.2) is 36.9 Å². The highest BCUT2D eigenvalue weighted by Gasteiger charge is 2.28. The number of halogens is 1. The molecule has 0 saturated carbocycles. The van der Waals surface area contributed by atoms with E-state index in [1.165, 1.54) is 17.4 Å². The molecule has 1 fully saturated rings. The van der Waals surface area contributed by atoms with E-state index in [1.807, 2.05) is 12.1 Å². The number of carbonyl (C=O) groups excluding carboxylic acids is 2. The van der Waals surface area contributed by atoms with Gasteiger partial charge in [-0.25, -0.2) is 0 Å². The first-order valence-corrected chi connectivity index (χ1v) is 9.08. The molecule has 2 heterocycles. The fourth-order valence-electron chi connectivity index (χ4n) is 2.74. The van der Waals surface area contributed by atoms with Crippen molar-refractivity contribution >= 4 is 39.9 Å². The van der Waals surface area contributed by atoms with E-state index in [9.17, 15) is 9.59 Å². The van der Waals surface area contributed by atoms with E-state index in [2.05, 4.69) is 22.1 Å². The second-order valence-corrected chi connectivity index (χ2v) is 7.15. The largest absolute Gasteiger partial charge is 0.338 e. The van der Waals surface area contributed by atoms with Crippen molar-refractivity contribution in [3.05, 3.63) is 41.9 Å². The Labute approximate surface area is 154 Å². The lowest BCUT2D eigenvalue weighted by molar-refractivity contribution is -0.130. The Morgan fingerprint density at radius 2 is 2.24 bits per heavy atom. The van der Waals surface area contributed by atoms with Gasteiger partial charge in [-0.15, -0.1) is 10.2 Å². The highest BCUT2D eigenvalue weighted by molar-refractivity contribution is 7.18. The third kappa shape index (κ3) is 4.24. The molecule has 2 aromatic rings. The molecule has 130 valence electrons. The second-order valence-electron chi connectivity index (χ2n) is 5.74. The minimum absolute atomic E-state index is 0.142. The van der Waals surface area contributed by atoms with Crippen molar-refractivity contribution in [3.8, 4) is 10.6 Å². The zero-order chi connectivity index (χ0) is 17.8. The Hall–Kier alpha value is -2.25. The highest BCUT2D eigenvalue weighted by Crippen LogP contribution is 2.28. The van der Waals surface area contributed by atoms with Gasteiger partial charge < -0.3 is 10.2 Å². The maximum atomic E-state index is 12.5. The minimum atomic E-state index is -0.254. The highest BCUT2D eigenvalue weighted by atomic mass is 35.5. The number of carbonyl (C=O) groups is 2. The number of amides is 2. The molecule has 1 aliphatic heterocycles. The van der Waals surface area contributed by atoms with Crippen LogP contribution in [0.3, 0.4) is 0 Å². The summed E-state index contributed by atoms with van der Waals surface area (Å²) >= 11 is 7.28. The smallest absolute Gasteiger partial charge is 0.245 e. The van der Waals surface area contributed by atoms with Crippen LogP contribution in [0.2, 0.25) is 5.02 Å². The van der Waals surface area contributed by atoms with Gasteiger partial charge in [-0.2, -0.15) is 0 Å². The predicted octanol–water partition coefficient (Wildman–Crippen LogP) is 3.22. The van der Waals surface area contributed by atoms with Gasteiger partial charge in [0.15, 0.2) is 0 Å². The number of rotatable bonds is 4. The Kier molecular flexibility index (Phi) is 5.45. The summed E-state index contributed by atoms with van der Waals surface area (Å²) in [7, 11) is 0. The molecule has 1 N–H and O–H groups in total. The monoisotopic (exact) mass is 376 g/mol. The van der Waals surface area contributed by atoms with Gasteiger partial charge in [-0.05, 0) is 31.1 Å². The third-order valence-corrected chi connectivity index (χ3v) is 5.13. The van der Waals surface area contributed by atoms with Crippen LogP contribution in [0, 0.1) is 5.92 Å². The van der Waals surface area contributed by atoms with Crippen LogP contribution in [0.4, 0.5) is 5.13 Å². The number of piperidine rings is 1. The van der Waals surface area contributed by atoms with Crippen LogP contribution in [0.5, 0.6) is 0 Å². The van der Waals surface area contributed by atoms with Crippen LogP contribution in [-0.4, -0.2) is 40.0 Å². The molecule has 1 atom stereocenters. The summed E-state index contributed by atoms with van der Waals surface area (Å²) in [6.45, 7) is 4.55. The lowest BCUT2D eigenvalue weighted by atomic mass is 9.97. The van der Waals surface area contributed by atoms with Crippen molar-refractivity contribution in [2.24, 2.45) is 5.92 Å². The number of nitrogens with one attached hydrogen (secondary N) is 1. The van der Waals surface area contributed by atoms with Crippen molar-refractivity contribution in [1.29, 1.82) is 0 Å². The summed E-state index contributed by atoms with van der Waals surface area (Å²) in [4.78, 5) is 25.8. The van der Waals surface area contributed by atoms with Gasteiger partial charge in [-0.3, -0.25) is 9.59 Å². The minimum Gasteiger partial charge on any atom is -0.338 e. The Morgan fingerprint density at radius 3 is 3.00 bits per heavy atom. The maximum Gasteiger partial charge on any atom is 0.245 e. The van der Waals surface area contributed by atoms with Gasteiger partial charge in [0.25, 0.3) is 0 Å². The number of hydrogen-bond donors (Lipinski definition) is 1. The van der Waals surface area contributed by atoms with Crippen LogP contribution >= 0.6 is 22.9 Å². The standard InChI is InChI=1S/C17H17ClN4O2S/c1-2-14(23)22-8-4-6-12(10-22)15(24)19-17-21-20-16(25-17)11-5-3-7-13(18)9-11/h2-3,5,7,9,12H,1,4,6,8,10H2,(H,19,21,24). The number of likely N-dealkylation sites (tertiary alicyclic amines) is 1. The summed E-state index contributed by atoms with van der Waals surface area (Å²) in [6.07, 6.45) is 2.82. The van der Waals surface area contributed by atoms with Gasteiger partial charge in [0, 0.05) is 23.7 Å². The Morgan fingerprint density at radius 1 is 1.40 bits per heavy atom. The van der Waals surface area contributed by atoms with E-state index in [-0.39, 0.29) is 17.7 Å². The number of benzene rings is 1. The molecule has 2 amide bonds. The zero-order valence-electron chi connectivity index (χ0n) is 13.4. The van der Waals surface area contributed by atoms with Gasteiger partial charge in [-0.1, -0.05) is 41.6 Å². The van der Waals surface area contributed by atoms with E-state index in [0.717, 1.165) is 18.4 Å². The Balaban J connectivity index is 1.65. The van der Waals surface area contributed by atoms with Crippen molar-refractivity contribution in [1.82, 2.24) is 15.1 Å².